The highest BCUT2D eigenvalue weighted by Gasteiger charge is 2.10. The van der Waals surface area contributed by atoms with E-state index in [1.165, 1.54) is 0 Å². The number of benzene rings is 3. The minimum atomic E-state index is -0.549. The second-order valence-corrected chi connectivity index (χ2v) is 7.09. The maximum absolute atomic E-state index is 12.4. The standard InChI is InChI=1S/C25H24N2O5/c1-17-4-3-5-20(14-17)24(29)26-15-23(28)32-16-18-6-8-19(9-7-18)25(30)27-21-10-12-22(31-2)13-11-21/h3-14H,15-16H2,1-2H3,(H,26,29)(H,27,30). The van der Waals surface area contributed by atoms with Gasteiger partial charge in [0.15, 0.2) is 0 Å². The highest BCUT2D eigenvalue weighted by atomic mass is 16.5. The molecule has 0 fully saturated rings. The molecular weight excluding hydrogens is 408 g/mol. The van der Waals surface area contributed by atoms with Crippen molar-refractivity contribution in [3.63, 3.8) is 0 Å². The molecule has 0 aromatic heterocycles. The molecule has 0 unspecified atom stereocenters. The average Bonchev–Trinajstić information content (AvgIpc) is 2.82. The van der Waals surface area contributed by atoms with Crippen molar-refractivity contribution < 1.29 is 23.9 Å². The fourth-order valence-corrected chi connectivity index (χ4v) is 2.89. The number of aryl methyl sites for hydroxylation is 1. The Morgan fingerprint density at radius 1 is 0.844 bits per heavy atom. The van der Waals surface area contributed by atoms with Gasteiger partial charge in [0.1, 0.15) is 18.9 Å². The summed E-state index contributed by atoms with van der Waals surface area (Å²) in [5, 5.41) is 5.35. The first-order chi connectivity index (χ1) is 15.4. The molecule has 0 aliphatic rings. The number of esters is 1. The normalized spacial score (nSPS) is 10.2. The van der Waals surface area contributed by atoms with E-state index in [1.54, 1.807) is 73.8 Å². The third-order valence-corrected chi connectivity index (χ3v) is 4.64. The summed E-state index contributed by atoms with van der Waals surface area (Å²) in [6.07, 6.45) is 0. The number of ether oxygens (including phenoxy) is 2. The Hall–Kier alpha value is -4.13. The van der Waals surface area contributed by atoms with Gasteiger partial charge in [-0.05, 0) is 61.0 Å². The number of anilines is 1. The van der Waals surface area contributed by atoms with Crippen molar-refractivity contribution in [2.75, 3.05) is 19.0 Å². The Labute approximate surface area is 186 Å². The molecule has 2 amide bonds. The zero-order valence-electron chi connectivity index (χ0n) is 17.9. The molecule has 0 radical (unpaired) electrons. The first-order valence-corrected chi connectivity index (χ1v) is 9.99. The molecule has 0 aliphatic heterocycles. The van der Waals surface area contributed by atoms with E-state index in [0.717, 1.165) is 11.1 Å². The molecule has 7 nitrogen and oxygen atoms in total. The van der Waals surface area contributed by atoms with Gasteiger partial charge in [-0.1, -0.05) is 29.8 Å². The molecule has 2 N–H and O–H groups in total. The van der Waals surface area contributed by atoms with Gasteiger partial charge in [-0.2, -0.15) is 0 Å². The second-order valence-electron chi connectivity index (χ2n) is 7.09. The average molecular weight is 432 g/mol. The van der Waals surface area contributed by atoms with Crippen LogP contribution >= 0.6 is 0 Å². The summed E-state index contributed by atoms with van der Waals surface area (Å²) in [7, 11) is 1.58. The third-order valence-electron chi connectivity index (χ3n) is 4.64. The lowest BCUT2D eigenvalue weighted by Crippen LogP contribution is -2.30. The highest BCUT2D eigenvalue weighted by molar-refractivity contribution is 6.04. The molecular formula is C25H24N2O5. The van der Waals surface area contributed by atoms with Gasteiger partial charge in [0.2, 0.25) is 0 Å². The van der Waals surface area contributed by atoms with Crippen LogP contribution in [-0.2, 0) is 16.1 Å². The van der Waals surface area contributed by atoms with E-state index in [2.05, 4.69) is 10.6 Å². The Morgan fingerprint density at radius 3 is 2.22 bits per heavy atom. The van der Waals surface area contributed by atoms with E-state index in [-0.39, 0.29) is 25.0 Å². The van der Waals surface area contributed by atoms with Gasteiger partial charge in [-0.25, -0.2) is 0 Å². The molecule has 7 heteroatoms. The predicted octanol–water partition coefficient (Wildman–Crippen LogP) is 3.73. The lowest BCUT2D eigenvalue weighted by Gasteiger charge is -2.09. The molecule has 0 saturated carbocycles. The molecule has 0 spiro atoms. The SMILES string of the molecule is COc1ccc(NC(=O)c2ccc(COC(=O)CNC(=O)c3cccc(C)c3)cc2)cc1. The van der Waals surface area contributed by atoms with E-state index >= 15 is 0 Å². The van der Waals surface area contributed by atoms with Gasteiger partial charge in [0.05, 0.1) is 7.11 Å². The summed E-state index contributed by atoms with van der Waals surface area (Å²) in [5.41, 5.74) is 3.30. The van der Waals surface area contributed by atoms with E-state index < -0.39 is 5.97 Å². The lowest BCUT2D eigenvalue weighted by molar-refractivity contribution is -0.143. The topological polar surface area (TPSA) is 93.7 Å². The monoisotopic (exact) mass is 432 g/mol. The number of carbonyl (C=O) groups is 3. The predicted molar refractivity (Wildman–Crippen MR) is 121 cm³/mol. The van der Waals surface area contributed by atoms with Gasteiger partial charge in [0, 0.05) is 16.8 Å². The van der Waals surface area contributed by atoms with Crippen molar-refractivity contribution in [1.82, 2.24) is 5.32 Å². The zero-order chi connectivity index (χ0) is 22.9. The minimum Gasteiger partial charge on any atom is -0.497 e. The molecule has 0 atom stereocenters. The summed E-state index contributed by atoms with van der Waals surface area (Å²) in [4.78, 5) is 36.4. The van der Waals surface area contributed by atoms with Gasteiger partial charge in [0.25, 0.3) is 11.8 Å². The van der Waals surface area contributed by atoms with E-state index in [9.17, 15) is 14.4 Å². The van der Waals surface area contributed by atoms with Gasteiger partial charge >= 0.3 is 5.97 Å². The van der Waals surface area contributed by atoms with Crippen LogP contribution in [0.2, 0.25) is 0 Å². The largest absolute Gasteiger partial charge is 0.497 e. The van der Waals surface area contributed by atoms with E-state index in [4.69, 9.17) is 9.47 Å². The van der Waals surface area contributed by atoms with Crippen molar-refractivity contribution >= 4 is 23.5 Å². The quantitative estimate of drug-likeness (QED) is 0.529. The molecule has 32 heavy (non-hydrogen) atoms. The molecule has 3 rings (SSSR count). The number of hydrogen-bond donors (Lipinski definition) is 2. The first-order valence-electron chi connectivity index (χ1n) is 9.99. The van der Waals surface area contributed by atoms with E-state index in [1.807, 2.05) is 13.0 Å². The van der Waals surface area contributed by atoms with Crippen molar-refractivity contribution in [3.8, 4) is 5.75 Å². The number of amides is 2. The van der Waals surface area contributed by atoms with Gasteiger partial charge < -0.3 is 20.1 Å². The fourth-order valence-electron chi connectivity index (χ4n) is 2.89. The van der Waals surface area contributed by atoms with Crippen molar-refractivity contribution in [2.45, 2.75) is 13.5 Å². The number of methoxy groups -OCH3 is 1. The maximum Gasteiger partial charge on any atom is 0.325 e. The third kappa shape index (κ3) is 6.43. The minimum absolute atomic E-state index is 0.0412. The smallest absolute Gasteiger partial charge is 0.325 e. The van der Waals surface area contributed by atoms with Crippen LogP contribution in [0.15, 0.2) is 72.8 Å². The van der Waals surface area contributed by atoms with Gasteiger partial charge in [-0.3, -0.25) is 14.4 Å². The molecule has 164 valence electrons. The molecule has 0 bridgehead atoms. The van der Waals surface area contributed by atoms with Crippen LogP contribution in [0.25, 0.3) is 0 Å². The molecule has 0 saturated heterocycles. The summed E-state index contributed by atoms with van der Waals surface area (Å²) in [5.74, 6) is -0.431. The Kier molecular flexibility index (Phi) is 7.59. The van der Waals surface area contributed by atoms with Gasteiger partial charge in [-0.15, -0.1) is 0 Å². The summed E-state index contributed by atoms with van der Waals surface area (Å²) in [6.45, 7) is 1.70. The summed E-state index contributed by atoms with van der Waals surface area (Å²) >= 11 is 0. The Bertz CT molecular complexity index is 1090. The van der Waals surface area contributed by atoms with Crippen molar-refractivity contribution in [1.29, 1.82) is 0 Å². The van der Waals surface area contributed by atoms with Crippen LogP contribution in [-0.4, -0.2) is 31.4 Å². The molecule has 0 aliphatic carbocycles. The number of hydrogen-bond acceptors (Lipinski definition) is 5. The van der Waals surface area contributed by atoms with Crippen molar-refractivity contribution in [3.05, 3.63) is 95.1 Å². The van der Waals surface area contributed by atoms with Crippen LogP contribution in [0, 0.1) is 6.92 Å². The Balaban J connectivity index is 1.45. The maximum atomic E-state index is 12.4. The highest BCUT2D eigenvalue weighted by Crippen LogP contribution is 2.16. The molecule has 3 aromatic rings. The first kappa shape index (κ1) is 22.6. The van der Waals surface area contributed by atoms with Crippen LogP contribution < -0.4 is 15.4 Å². The van der Waals surface area contributed by atoms with Crippen LogP contribution in [0.5, 0.6) is 5.75 Å². The van der Waals surface area contributed by atoms with Crippen LogP contribution in [0.3, 0.4) is 0 Å². The summed E-state index contributed by atoms with van der Waals surface area (Å²) < 4.78 is 10.3. The van der Waals surface area contributed by atoms with E-state index in [0.29, 0.717) is 22.6 Å². The Morgan fingerprint density at radius 2 is 1.56 bits per heavy atom. The van der Waals surface area contributed by atoms with Crippen LogP contribution in [0.4, 0.5) is 5.69 Å². The second kappa shape index (κ2) is 10.8. The van der Waals surface area contributed by atoms with Crippen molar-refractivity contribution in [2.24, 2.45) is 0 Å². The number of nitrogens with one attached hydrogen (secondary N) is 2. The zero-order valence-corrected chi connectivity index (χ0v) is 17.9. The lowest BCUT2D eigenvalue weighted by atomic mass is 10.1. The van der Waals surface area contributed by atoms with Crippen LogP contribution in [0.1, 0.15) is 31.8 Å². The fraction of sp³-hybridized carbons (Fsp3) is 0.160. The summed E-state index contributed by atoms with van der Waals surface area (Å²) in [6, 6.07) is 20.8. The number of rotatable bonds is 8. The number of carbonyl (C=O) groups excluding carboxylic acids is 3. The molecule has 3 aromatic carbocycles. The molecule has 0 heterocycles.